The van der Waals surface area contributed by atoms with Gasteiger partial charge in [-0.05, 0) is 36.8 Å². The minimum atomic E-state index is -0.387. The summed E-state index contributed by atoms with van der Waals surface area (Å²) < 4.78 is 4.91. The molecule has 6 heteroatoms. The molecule has 25 heavy (non-hydrogen) atoms. The zero-order chi connectivity index (χ0) is 17.6. The average molecular weight is 335 g/mol. The molecule has 1 heterocycles. The third-order valence-electron chi connectivity index (χ3n) is 3.55. The first-order chi connectivity index (χ1) is 12.1. The van der Waals surface area contributed by atoms with Crippen LogP contribution in [0.1, 0.15) is 32.2 Å². The molecule has 3 rings (SSSR count). The Morgan fingerprint density at radius 2 is 1.72 bits per heavy atom. The smallest absolute Gasteiger partial charge is 0.294 e. The summed E-state index contributed by atoms with van der Waals surface area (Å²) >= 11 is 0. The molecular weight excluding hydrogens is 318 g/mol. The van der Waals surface area contributed by atoms with E-state index in [1.165, 1.54) is 0 Å². The molecule has 126 valence electrons. The molecule has 0 saturated carbocycles. The number of carbonyl (C=O) groups is 2. The van der Waals surface area contributed by atoms with Gasteiger partial charge in [0.2, 0.25) is 5.76 Å². The molecule has 0 unspecified atom stereocenters. The van der Waals surface area contributed by atoms with Crippen molar-refractivity contribution in [2.24, 2.45) is 0 Å². The van der Waals surface area contributed by atoms with Gasteiger partial charge in [-0.25, -0.2) is 0 Å². The van der Waals surface area contributed by atoms with E-state index in [-0.39, 0.29) is 17.6 Å². The lowest BCUT2D eigenvalue weighted by Crippen LogP contribution is -2.22. The number of benzene rings is 2. The standard InChI is InChI=1S/C19H17N3O3/c1-13-11-17(25-22-13)19(24)21-16-9-7-15(8-10-16)18(23)20-12-14-5-3-2-4-6-14/h2-11H,12H2,1H3,(H,20,23)(H,21,24). The predicted molar refractivity (Wildman–Crippen MR) is 93.2 cm³/mol. The van der Waals surface area contributed by atoms with E-state index in [0.29, 0.717) is 23.5 Å². The Balaban J connectivity index is 1.58. The highest BCUT2D eigenvalue weighted by molar-refractivity contribution is 6.02. The van der Waals surface area contributed by atoms with Crippen molar-refractivity contribution in [1.82, 2.24) is 10.5 Å². The highest BCUT2D eigenvalue weighted by Crippen LogP contribution is 2.12. The van der Waals surface area contributed by atoms with Crippen molar-refractivity contribution in [1.29, 1.82) is 0 Å². The molecule has 0 aliphatic rings. The van der Waals surface area contributed by atoms with Gasteiger partial charge in [-0.2, -0.15) is 0 Å². The molecule has 0 aliphatic carbocycles. The fourth-order valence-corrected chi connectivity index (χ4v) is 2.25. The Morgan fingerprint density at radius 3 is 2.36 bits per heavy atom. The second kappa shape index (κ2) is 7.44. The number of nitrogens with one attached hydrogen (secondary N) is 2. The number of aryl methyl sites for hydroxylation is 1. The van der Waals surface area contributed by atoms with Gasteiger partial charge in [-0.1, -0.05) is 35.5 Å². The third kappa shape index (κ3) is 4.32. The molecule has 0 spiro atoms. The maximum atomic E-state index is 12.2. The Bertz CT molecular complexity index is 870. The second-order valence-corrected chi connectivity index (χ2v) is 5.53. The molecule has 2 N–H and O–H groups in total. The van der Waals surface area contributed by atoms with Crippen LogP contribution in [0, 0.1) is 6.92 Å². The molecular formula is C19H17N3O3. The van der Waals surface area contributed by atoms with Crippen LogP contribution in [0.15, 0.2) is 65.2 Å². The average Bonchev–Trinajstić information content (AvgIpc) is 3.08. The largest absolute Gasteiger partial charge is 0.351 e. The normalized spacial score (nSPS) is 10.3. The van der Waals surface area contributed by atoms with Gasteiger partial charge < -0.3 is 15.2 Å². The van der Waals surface area contributed by atoms with Gasteiger partial charge >= 0.3 is 0 Å². The minimum Gasteiger partial charge on any atom is -0.351 e. The number of carbonyl (C=O) groups excluding carboxylic acids is 2. The Morgan fingerprint density at radius 1 is 1.00 bits per heavy atom. The summed E-state index contributed by atoms with van der Waals surface area (Å²) in [5.74, 6) is -0.420. The summed E-state index contributed by atoms with van der Waals surface area (Å²) in [6, 6.07) is 17.9. The van der Waals surface area contributed by atoms with Crippen LogP contribution in [0.4, 0.5) is 5.69 Å². The van der Waals surface area contributed by atoms with Gasteiger partial charge in [-0.3, -0.25) is 9.59 Å². The highest BCUT2D eigenvalue weighted by atomic mass is 16.5. The van der Waals surface area contributed by atoms with Gasteiger partial charge in [0.15, 0.2) is 0 Å². The van der Waals surface area contributed by atoms with Crippen LogP contribution < -0.4 is 10.6 Å². The second-order valence-electron chi connectivity index (χ2n) is 5.53. The molecule has 0 radical (unpaired) electrons. The first-order valence-corrected chi connectivity index (χ1v) is 7.79. The molecule has 6 nitrogen and oxygen atoms in total. The number of rotatable bonds is 5. The van der Waals surface area contributed by atoms with Crippen LogP contribution >= 0.6 is 0 Å². The van der Waals surface area contributed by atoms with E-state index < -0.39 is 0 Å². The molecule has 1 aromatic heterocycles. The monoisotopic (exact) mass is 335 g/mol. The highest BCUT2D eigenvalue weighted by Gasteiger charge is 2.12. The van der Waals surface area contributed by atoms with Crippen LogP contribution in [-0.4, -0.2) is 17.0 Å². The first kappa shape index (κ1) is 16.4. The predicted octanol–water partition coefficient (Wildman–Crippen LogP) is 3.17. The van der Waals surface area contributed by atoms with Crippen LogP contribution in [0.2, 0.25) is 0 Å². The van der Waals surface area contributed by atoms with Gasteiger partial charge in [0.1, 0.15) is 0 Å². The van der Waals surface area contributed by atoms with E-state index in [2.05, 4.69) is 15.8 Å². The molecule has 3 aromatic rings. The molecule has 0 fully saturated rings. The number of amides is 2. The zero-order valence-corrected chi connectivity index (χ0v) is 13.7. The maximum absolute atomic E-state index is 12.2. The third-order valence-corrected chi connectivity index (χ3v) is 3.55. The molecule has 0 saturated heterocycles. The summed E-state index contributed by atoms with van der Waals surface area (Å²) in [6.07, 6.45) is 0. The SMILES string of the molecule is Cc1cc(C(=O)Nc2ccc(C(=O)NCc3ccccc3)cc2)on1. The molecule has 0 aliphatic heterocycles. The lowest BCUT2D eigenvalue weighted by Gasteiger charge is -2.07. The quantitative estimate of drug-likeness (QED) is 0.750. The van der Waals surface area contributed by atoms with E-state index in [1.54, 1.807) is 37.3 Å². The van der Waals surface area contributed by atoms with E-state index in [9.17, 15) is 9.59 Å². The summed E-state index contributed by atoms with van der Waals surface area (Å²) in [5, 5.41) is 9.22. The van der Waals surface area contributed by atoms with Crippen molar-refractivity contribution < 1.29 is 14.1 Å². The Hall–Kier alpha value is -3.41. The lowest BCUT2D eigenvalue weighted by atomic mass is 10.1. The summed E-state index contributed by atoms with van der Waals surface area (Å²) in [7, 11) is 0. The Labute approximate surface area is 144 Å². The van der Waals surface area contributed by atoms with E-state index in [4.69, 9.17) is 4.52 Å². The van der Waals surface area contributed by atoms with Crippen molar-refractivity contribution in [3.63, 3.8) is 0 Å². The van der Waals surface area contributed by atoms with E-state index in [0.717, 1.165) is 5.56 Å². The topological polar surface area (TPSA) is 84.2 Å². The van der Waals surface area contributed by atoms with Crippen LogP contribution in [0.25, 0.3) is 0 Å². The zero-order valence-electron chi connectivity index (χ0n) is 13.7. The number of anilines is 1. The van der Waals surface area contributed by atoms with Gasteiger partial charge in [0.25, 0.3) is 11.8 Å². The maximum Gasteiger partial charge on any atom is 0.294 e. The molecule has 0 bridgehead atoms. The van der Waals surface area contributed by atoms with Crippen molar-refractivity contribution in [2.75, 3.05) is 5.32 Å². The number of hydrogen-bond donors (Lipinski definition) is 2. The van der Waals surface area contributed by atoms with Gasteiger partial charge in [-0.15, -0.1) is 0 Å². The van der Waals surface area contributed by atoms with E-state index >= 15 is 0 Å². The molecule has 2 amide bonds. The van der Waals surface area contributed by atoms with Crippen LogP contribution in [0.5, 0.6) is 0 Å². The number of nitrogens with zero attached hydrogens (tertiary/aromatic N) is 1. The number of hydrogen-bond acceptors (Lipinski definition) is 4. The first-order valence-electron chi connectivity index (χ1n) is 7.79. The van der Waals surface area contributed by atoms with Crippen molar-refractivity contribution in [2.45, 2.75) is 13.5 Å². The van der Waals surface area contributed by atoms with Gasteiger partial charge in [0.05, 0.1) is 5.69 Å². The van der Waals surface area contributed by atoms with Gasteiger partial charge in [0, 0.05) is 23.9 Å². The minimum absolute atomic E-state index is 0.141. The summed E-state index contributed by atoms with van der Waals surface area (Å²) in [6.45, 7) is 2.20. The Kier molecular flexibility index (Phi) is 4.89. The lowest BCUT2D eigenvalue weighted by molar-refractivity contribution is 0.0950. The fourth-order valence-electron chi connectivity index (χ4n) is 2.25. The summed E-state index contributed by atoms with van der Waals surface area (Å²) in [5.41, 5.74) is 2.75. The van der Waals surface area contributed by atoms with Crippen molar-refractivity contribution >= 4 is 17.5 Å². The fraction of sp³-hybridized carbons (Fsp3) is 0.105. The molecule has 0 atom stereocenters. The van der Waals surface area contributed by atoms with Crippen molar-refractivity contribution in [3.8, 4) is 0 Å². The number of aromatic nitrogens is 1. The van der Waals surface area contributed by atoms with Crippen LogP contribution in [-0.2, 0) is 6.54 Å². The van der Waals surface area contributed by atoms with Crippen molar-refractivity contribution in [3.05, 3.63) is 83.2 Å². The van der Waals surface area contributed by atoms with E-state index in [1.807, 2.05) is 30.3 Å². The van der Waals surface area contributed by atoms with Crippen LogP contribution in [0.3, 0.4) is 0 Å². The molecule has 2 aromatic carbocycles. The summed E-state index contributed by atoms with van der Waals surface area (Å²) in [4.78, 5) is 24.1.